The van der Waals surface area contributed by atoms with Crippen molar-refractivity contribution in [2.24, 2.45) is 0 Å². The molecule has 0 saturated heterocycles. The topological polar surface area (TPSA) is 60.5 Å². The molecule has 1 amide bonds. The molecule has 3 rings (SSSR count). The number of anilines is 1. The van der Waals surface area contributed by atoms with Gasteiger partial charge >= 0.3 is 0 Å². The zero-order valence-corrected chi connectivity index (χ0v) is 15.9. The highest BCUT2D eigenvalue weighted by Gasteiger charge is 2.15. The third-order valence-corrected chi connectivity index (χ3v) is 4.04. The number of carbonyl (C=O) groups is 1. The Morgan fingerprint density at radius 3 is 2.44 bits per heavy atom. The van der Waals surface area contributed by atoms with Crippen molar-refractivity contribution < 1.29 is 14.3 Å². The number of aromatic nitrogens is 1. The van der Waals surface area contributed by atoms with Gasteiger partial charge in [0.1, 0.15) is 22.3 Å². The Balaban J connectivity index is 1.79. The molecule has 138 valence electrons. The summed E-state index contributed by atoms with van der Waals surface area (Å²) in [5.41, 5.74) is 0.522. The Morgan fingerprint density at radius 2 is 1.70 bits per heavy atom. The molecule has 3 aromatic rings. The smallest absolute Gasteiger partial charge is 0.275 e. The van der Waals surface area contributed by atoms with Gasteiger partial charge in [-0.15, -0.1) is 0 Å². The van der Waals surface area contributed by atoms with E-state index in [1.807, 2.05) is 25.1 Å². The first-order chi connectivity index (χ1) is 13.1. The highest BCUT2D eigenvalue weighted by atomic mass is 35.5. The van der Waals surface area contributed by atoms with Gasteiger partial charge in [-0.05, 0) is 55.5 Å². The number of benzene rings is 2. The van der Waals surface area contributed by atoms with Gasteiger partial charge in [-0.3, -0.25) is 4.79 Å². The van der Waals surface area contributed by atoms with E-state index in [1.54, 1.807) is 30.3 Å². The zero-order valence-electron chi connectivity index (χ0n) is 14.4. The minimum atomic E-state index is -0.481. The molecule has 0 radical (unpaired) electrons. The molecule has 0 aliphatic carbocycles. The zero-order chi connectivity index (χ0) is 19.2. The molecule has 1 aromatic heterocycles. The van der Waals surface area contributed by atoms with Crippen molar-refractivity contribution in [3.63, 3.8) is 0 Å². The first-order valence-electron chi connectivity index (χ1n) is 8.20. The molecular weight excluding hydrogens is 387 g/mol. The molecule has 2 aromatic carbocycles. The predicted molar refractivity (Wildman–Crippen MR) is 106 cm³/mol. The Labute approximate surface area is 166 Å². The van der Waals surface area contributed by atoms with Gasteiger partial charge in [-0.2, -0.15) is 0 Å². The molecular formula is C20H16Cl2N2O3. The summed E-state index contributed by atoms with van der Waals surface area (Å²) in [6, 6.07) is 17.3. The van der Waals surface area contributed by atoms with E-state index in [-0.39, 0.29) is 15.9 Å². The van der Waals surface area contributed by atoms with E-state index in [0.29, 0.717) is 23.8 Å². The largest absolute Gasteiger partial charge is 0.494 e. The molecule has 5 nitrogen and oxygen atoms in total. The SMILES string of the molecule is CCOc1ccc(Oc2ccccc2NC(=O)c2nc(Cl)ccc2Cl)cc1. The van der Waals surface area contributed by atoms with E-state index in [2.05, 4.69) is 10.3 Å². The summed E-state index contributed by atoms with van der Waals surface area (Å²) in [6.07, 6.45) is 0. The quantitative estimate of drug-likeness (QED) is 0.526. The summed E-state index contributed by atoms with van der Waals surface area (Å²) in [7, 11) is 0. The number of carbonyl (C=O) groups excluding carboxylic acids is 1. The van der Waals surface area contributed by atoms with Gasteiger partial charge in [-0.25, -0.2) is 4.98 Å². The predicted octanol–water partition coefficient (Wildman–Crippen LogP) is 5.83. The molecule has 0 atom stereocenters. The maximum atomic E-state index is 12.5. The van der Waals surface area contributed by atoms with Gasteiger partial charge in [0.25, 0.3) is 5.91 Å². The van der Waals surface area contributed by atoms with Gasteiger partial charge < -0.3 is 14.8 Å². The lowest BCUT2D eigenvalue weighted by molar-refractivity contribution is 0.102. The lowest BCUT2D eigenvalue weighted by Gasteiger charge is -2.13. The van der Waals surface area contributed by atoms with E-state index in [4.69, 9.17) is 32.7 Å². The third-order valence-electron chi connectivity index (χ3n) is 3.52. The molecule has 1 heterocycles. The number of hydrogen-bond donors (Lipinski definition) is 1. The molecule has 0 saturated carbocycles. The molecule has 0 fully saturated rings. The summed E-state index contributed by atoms with van der Waals surface area (Å²) in [5, 5.41) is 3.15. The van der Waals surface area contributed by atoms with Crippen LogP contribution in [0, 0.1) is 0 Å². The van der Waals surface area contributed by atoms with Crippen LogP contribution in [-0.2, 0) is 0 Å². The fourth-order valence-electron chi connectivity index (χ4n) is 2.32. The van der Waals surface area contributed by atoms with Crippen LogP contribution in [-0.4, -0.2) is 17.5 Å². The van der Waals surface area contributed by atoms with Crippen molar-refractivity contribution >= 4 is 34.8 Å². The average molecular weight is 403 g/mol. The number of para-hydroxylation sites is 2. The molecule has 0 unspecified atom stereocenters. The molecule has 27 heavy (non-hydrogen) atoms. The summed E-state index contributed by atoms with van der Waals surface area (Å²) in [4.78, 5) is 16.5. The van der Waals surface area contributed by atoms with Crippen molar-refractivity contribution in [1.82, 2.24) is 4.98 Å². The normalized spacial score (nSPS) is 10.3. The number of hydrogen-bond acceptors (Lipinski definition) is 4. The third kappa shape index (κ3) is 4.90. The van der Waals surface area contributed by atoms with Crippen LogP contribution in [0.3, 0.4) is 0 Å². The first kappa shape index (κ1) is 19.0. The molecule has 0 spiro atoms. The summed E-state index contributed by atoms with van der Waals surface area (Å²) in [6.45, 7) is 2.51. The van der Waals surface area contributed by atoms with E-state index in [1.165, 1.54) is 12.1 Å². The number of pyridine rings is 1. The van der Waals surface area contributed by atoms with Crippen molar-refractivity contribution in [1.29, 1.82) is 0 Å². The van der Waals surface area contributed by atoms with Crippen LogP contribution in [0.4, 0.5) is 5.69 Å². The van der Waals surface area contributed by atoms with Crippen LogP contribution in [0.1, 0.15) is 17.4 Å². The second kappa shape index (κ2) is 8.75. The molecule has 0 aliphatic rings. The Morgan fingerprint density at radius 1 is 1.00 bits per heavy atom. The maximum Gasteiger partial charge on any atom is 0.275 e. The maximum absolute atomic E-state index is 12.5. The summed E-state index contributed by atoms with van der Waals surface area (Å²) < 4.78 is 11.3. The van der Waals surface area contributed by atoms with Crippen molar-refractivity contribution in [2.75, 3.05) is 11.9 Å². The molecule has 0 aliphatic heterocycles. The lowest BCUT2D eigenvalue weighted by atomic mass is 10.2. The second-order valence-electron chi connectivity index (χ2n) is 5.42. The minimum absolute atomic E-state index is 0.0417. The summed E-state index contributed by atoms with van der Waals surface area (Å²) in [5.74, 6) is 1.37. The number of halogens is 2. The Hall–Kier alpha value is -2.76. The fourth-order valence-corrected chi connectivity index (χ4v) is 2.65. The van der Waals surface area contributed by atoms with E-state index in [9.17, 15) is 4.79 Å². The van der Waals surface area contributed by atoms with E-state index < -0.39 is 5.91 Å². The summed E-state index contributed by atoms with van der Waals surface area (Å²) >= 11 is 11.9. The number of nitrogens with one attached hydrogen (secondary N) is 1. The molecule has 1 N–H and O–H groups in total. The average Bonchev–Trinajstić information content (AvgIpc) is 2.67. The number of nitrogens with zero attached hydrogens (tertiary/aromatic N) is 1. The molecule has 7 heteroatoms. The van der Waals surface area contributed by atoms with Crippen LogP contribution >= 0.6 is 23.2 Å². The van der Waals surface area contributed by atoms with Crippen LogP contribution in [0.5, 0.6) is 17.2 Å². The highest BCUT2D eigenvalue weighted by molar-refractivity contribution is 6.35. The van der Waals surface area contributed by atoms with Crippen LogP contribution in [0.2, 0.25) is 10.2 Å². The van der Waals surface area contributed by atoms with Crippen LogP contribution < -0.4 is 14.8 Å². The van der Waals surface area contributed by atoms with E-state index in [0.717, 1.165) is 5.75 Å². The monoisotopic (exact) mass is 402 g/mol. The highest BCUT2D eigenvalue weighted by Crippen LogP contribution is 2.31. The Kier molecular flexibility index (Phi) is 6.16. The van der Waals surface area contributed by atoms with Gasteiger partial charge in [0, 0.05) is 0 Å². The van der Waals surface area contributed by atoms with Gasteiger partial charge in [0.15, 0.2) is 5.75 Å². The number of amides is 1. The minimum Gasteiger partial charge on any atom is -0.494 e. The van der Waals surface area contributed by atoms with Gasteiger partial charge in [0.05, 0.1) is 17.3 Å². The van der Waals surface area contributed by atoms with E-state index >= 15 is 0 Å². The first-order valence-corrected chi connectivity index (χ1v) is 8.95. The fraction of sp³-hybridized carbons (Fsp3) is 0.100. The molecule has 0 bridgehead atoms. The van der Waals surface area contributed by atoms with Crippen LogP contribution in [0.15, 0.2) is 60.7 Å². The number of rotatable bonds is 6. The second-order valence-corrected chi connectivity index (χ2v) is 6.22. The Bertz CT molecular complexity index is 946. The van der Waals surface area contributed by atoms with Gasteiger partial charge in [0.2, 0.25) is 0 Å². The standard InChI is InChI=1S/C20H16Cl2N2O3/c1-2-26-13-7-9-14(10-8-13)27-17-6-4-3-5-16(17)23-20(25)19-15(21)11-12-18(22)24-19/h3-12H,2H2,1H3,(H,23,25). The van der Waals surface area contributed by atoms with Gasteiger partial charge in [-0.1, -0.05) is 35.3 Å². The van der Waals surface area contributed by atoms with Crippen molar-refractivity contribution in [2.45, 2.75) is 6.92 Å². The van der Waals surface area contributed by atoms with Crippen molar-refractivity contribution in [3.8, 4) is 17.2 Å². The lowest BCUT2D eigenvalue weighted by Crippen LogP contribution is -2.15. The van der Waals surface area contributed by atoms with Crippen LogP contribution in [0.25, 0.3) is 0 Å². The van der Waals surface area contributed by atoms with Crippen molar-refractivity contribution in [3.05, 3.63) is 76.5 Å². The number of ether oxygens (including phenoxy) is 2.